The lowest BCUT2D eigenvalue weighted by atomic mass is 10.1. The van der Waals surface area contributed by atoms with Crippen LogP contribution in [0.15, 0.2) is 35.8 Å². The van der Waals surface area contributed by atoms with Crippen LogP contribution in [0.2, 0.25) is 0 Å². The number of carboxylic acids is 1. The molecule has 0 radical (unpaired) electrons. The molecule has 2 aromatic rings. The Bertz CT molecular complexity index is 637. The molecule has 20 heavy (non-hydrogen) atoms. The molecule has 1 saturated heterocycles. The van der Waals surface area contributed by atoms with Crippen LogP contribution in [0.1, 0.15) is 6.42 Å². The number of amides is 1. The van der Waals surface area contributed by atoms with Crippen LogP contribution < -0.4 is 4.90 Å². The molecule has 1 fully saturated rings. The number of rotatable bonds is 3. The maximum Gasteiger partial charge on any atom is 0.308 e. The van der Waals surface area contributed by atoms with Crippen molar-refractivity contribution in [2.45, 2.75) is 6.42 Å². The monoisotopic (exact) mass is 288 g/mol. The molecule has 1 aromatic heterocycles. The van der Waals surface area contributed by atoms with E-state index in [0.717, 1.165) is 16.3 Å². The van der Waals surface area contributed by atoms with Crippen molar-refractivity contribution in [2.24, 2.45) is 5.92 Å². The van der Waals surface area contributed by atoms with Crippen LogP contribution in [-0.4, -0.2) is 28.5 Å². The van der Waals surface area contributed by atoms with E-state index < -0.39 is 11.9 Å². The minimum atomic E-state index is -0.916. The third-order valence-electron chi connectivity index (χ3n) is 3.33. The number of carbonyl (C=O) groups excluding carboxylic acids is 1. The number of aromatic nitrogens is 1. The zero-order valence-corrected chi connectivity index (χ0v) is 11.3. The van der Waals surface area contributed by atoms with E-state index in [1.807, 2.05) is 29.6 Å². The van der Waals surface area contributed by atoms with E-state index in [0.29, 0.717) is 0 Å². The number of carbonyl (C=O) groups is 2. The summed E-state index contributed by atoms with van der Waals surface area (Å²) in [6, 6.07) is 7.46. The third-order valence-corrected chi connectivity index (χ3v) is 4.15. The van der Waals surface area contributed by atoms with Crippen LogP contribution in [0.5, 0.6) is 0 Å². The van der Waals surface area contributed by atoms with Gasteiger partial charge in [-0.05, 0) is 24.3 Å². The van der Waals surface area contributed by atoms with Gasteiger partial charge < -0.3 is 10.0 Å². The van der Waals surface area contributed by atoms with Gasteiger partial charge in [-0.1, -0.05) is 0 Å². The van der Waals surface area contributed by atoms with Crippen molar-refractivity contribution >= 4 is 28.9 Å². The van der Waals surface area contributed by atoms with Crippen LogP contribution in [-0.2, 0) is 9.59 Å². The molecule has 1 aliphatic heterocycles. The fourth-order valence-electron chi connectivity index (χ4n) is 2.27. The van der Waals surface area contributed by atoms with Crippen LogP contribution >= 0.6 is 11.3 Å². The Hall–Kier alpha value is -2.21. The van der Waals surface area contributed by atoms with E-state index in [2.05, 4.69) is 4.98 Å². The van der Waals surface area contributed by atoms with Gasteiger partial charge in [0.1, 0.15) is 5.01 Å². The molecular weight excluding hydrogens is 276 g/mol. The Labute approximate surface area is 119 Å². The van der Waals surface area contributed by atoms with Crippen molar-refractivity contribution in [3.05, 3.63) is 35.8 Å². The molecule has 6 heteroatoms. The van der Waals surface area contributed by atoms with E-state index in [1.54, 1.807) is 17.5 Å². The van der Waals surface area contributed by atoms with E-state index in [4.69, 9.17) is 5.11 Å². The molecule has 0 spiro atoms. The van der Waals surface area contributed by atoms with Gasteiger partial charge in [0, 0.05) is 35.8 Å². The van der Waals surface area contributed by atoms with Gasteiger partial charge >= 0.3 is 5.97 Å². The predicted molar refractivity (Wildman–Crippen MR) is 75.6 cm³/mol. The van der Waals surface area contributed by atoms with Crippen LogP contribution in [0, 0.1) is 5.92 Å². The normalized spacial score (nSPS) is 18.5. The summed E-state index contributed by atoms with van der Waals surface area (Å²) in [6.07, 6.45) is 1.82. The highest BCUT2D eigenvalue weighted by molar-refractivity contribution is 7.13. The lowest BCUT2D eigenvalue weighted by Crippen LogP contribution is -2.25. The number of hydrogen-bond acceptors (Lipinski definition) is 4. The topological polar surface area (TPSA) is 70.5 Å². The summed E-state index contributed by atoms with van der Waals surface area (Å²) in [4.78, 5) is 28.6. The lowest BCUT2D eigenvalue weighted by Gasteiger charge is -2.16. The van der Waals surface area contributed by atoms with Crippen LogP contribution in [0.4, 0.5) is 5.69 Å². The third kappa shape index (κ3) is 2.30. The fraction of sp³-hybridized carbons (Fsp3) is 0.214. The fourth-order valence-corrected chi connectivity index (χ4v) is 2.92. The maximum absolute atomic E-state index is 11.9. The van der Waals surface area contributed by atoms with Crippen LogP contribution in [0.25, 0.3) is 10.6 Å². The van der Waals surface area contributed by atoms with Crippen molar-refractivity contribution in [3.63, 3.8) is 0 Å². The number of benzene rings is 1. The summed E-state index contributed by atoms with van der Waals surface area (Å²) in [6.45, 7) is 0.241. The van der Waals surface area contributed by atoms with Gasteiger partial charge in [-0.2, -0.15) is 0 Å². The van der Waals surface area contributed by atoms with Gasteiger partial charge in [-0.25, -0.2) is 4.98 Å². The summed E-state index contributed by atoms with van der Waals surface area (Å²) >= 11 is 1.55. The highest BCUT2D eigenvalue weighted by Gasteiger charge is 2.34. The molecule has 3 rings (SSSR count). The predicted octanol–water partition coefficient (Wildman–Crippen LogP) is 2.25. The quantitative estimate of drug-likeness (QED) is 0.940. The van der Waals surface area contributed by atoms with Crippen molar-refractivity contribution in [2.75, 3.05) is 11.4 Å². The Kier molecular flexibility index (Phi) is 3.23. The molecule has 5 nitrogen and oxygen atoms in total. The van der Waals surface area contributed by atoms with Crippen molar-refractivity contribution in [3.8, 4) is 10.6 Å². The largest absolute Gasteiger partial charge is 0.481 e. The first-order valence-electron chi connectivity index (χ1n) is 6.18. The number of nitrogens with zero attached hydrogens (tertiary/aromatic N) is 2. The van der Waals surface area contributed by atoms with E-state index in [-0.39, 0.29) is 18.9 Å². The standard InChI is InChI=1S/C14H12N2O3S/c17-12-7-10(14(18)19)8-16(12)11-3-1-9(2-4-11)13-15-5-6-20-13/h1-6,10H,7-8H2,(H,18,19)/t10-/m0/s1. The van der Waals surface area contributed by atoms with Gasteiger partial charge in [-0.15, -0.1) is 11.3 Å². The molecule has 2 heterocycles. The molecule has 0 bridgehead atoms. The Balaban J connectivity index is 1.82. The van der Waals surface area contributed by atoms with Gasteiger partial charge in [0.15, 0.2) is 0 Å². The average molecular weight is 288 g/mol. The molecule has 1 amide bonds. The van der Waals surface area contributed by atoms with Crippen LogP contribution in [0.3, 0.4) is 0 Å². The molecule has 0 aliphatic carbocycles. The molecule has 0 unspecified atom stereocenters. The summed E-state index contributed by atoms with van der Waals surface area (Å²) in [5, 5.41) is 11.8. The highest BCUT2D eigenvalue weighted by Crippen LogP contribution is 2.28. The number of thiazole rings is 1. The van der Waals surface area contributed by atoms with E-state index in [9.17, 15) is 9.59 Å². The smallest absolute Gasteiger partial charge is 0.308 e. The van der Waals surface area contributed by atoms with Crippen molar-refractivity contribution in [1.82, 2.24) is 4.98 Å². The zero-order valence-electron chi connectivity index (χ0n) is 10.5. The van der Waals surface area contributed by atoms with Gasteiger partial charge in [0.05, 0.1) is 5.92 Å². The second kappa shape index (κ2) is 5.05. The lowest BCUT2D eigenvalue weighted by molar-refractivity contribution is -0.141. The van der Waals surface area contributed by atoms with Crippen molar-refractivity contribution < 1.29 is 14.7 Å². The zero-order chi connectivity index (χ0) is 14.1. The molecule has 1 aromatic carbocycles. The summed E-state index contributed by atoms with van der Waals surface area (Å²) in [5.41, 5.74) is 1.73. The molecule has 0 saturated carbocycles. The SMILES string of the molecule is O=C(O)[C@H]1CC(=O)N(c2ccc(-c3nccs3)cc2)C1. The molecule has 1 atom stereocenters. The summed E-state index contributed by atoms with van der Waals surface area (Å²) in [5.74, 6) is -1.67. The van der Waals surface area contributed by atoms with E-state index >= 15 is 0 Å². The minimum Gasteiger partial charge on any atom is -0.481 e. The molecule has 1 N–H and O–H groups in total. The maximum atomic E-state index is 11.9. The second-order valence-corrected chi connectivity index (χ2v) is 5.52. The first kappa shape index (κ1) is 12.8. The molecule has 1 aliphatic rings. The Morgan fingerprint density at radius 1 is 1.35 bits per heavy atom. The number of anilines is 1. The molecular formula is C14H12N2O3S. The second-order valence-electron chi connectivity index (χ2n) is 4.63. The molecule has 102 valence electrons. The minimum absolute atomic E-state index is 0.0730. The Morgan fingerprint density at radius 3 is 2.65 bits per heavy atom. The van der Waals surface area contributed by atoms with Crippen molar-refractivity contribution in [1.29, 1.82) is 0 Å². The average Bonchev–Trinajstić information content (AvgIpc) is 3.08. The van der Waals surface area contributed by atoms with E-state index in [1.165, 1.54) is 4.90 Å². The summed E-state index contributed by atoms with van der Waals surface area (Å²) in [7, 11) is 0. The highest BCUT2D eigenvalue weighted by atomic mass is 32.1. The summed E-state index contributed by atoms with van der Waals surface area (Å²) < 4.78 is 0. The first-order chi connectivity index (χ1) is 9.65. The van der Waals surface area contributed by atoms with Gasteiger partial charge in [-0.3, -0.25) is 9.59 Å². The number of hydrogen-bond donors (Lipinski definition) is 1. The van der Waals surface area contributed by atoms with Gasteiger partial charge in [0.2, 0.25) is 5.91 Å². The van der Waals surface area contributed by atoms with Gasteiger partial charge in [0.25, 0.3) is 0 Å². The Morgan fingerprint density at radius 2 is 2.10 bits per heavy atom. The number of carboxylic acid groups (broad SMARTS) is 1. The first-order valence-corrected chi connectivity index (χ1v) is 7.06. The number of aliphatic carboxylic acids is 1.